The Hall–Kier alpha value is -1.54. The topological polar surface area (TPSA) is 15.8 Å². The molecule has 0 unspecified atom stereocenters. The minimum Gasteiger partial charge on any atom is -0.354 e. The molecule has 1 N–H and O–H groups in total. The van der Waals surface area contributed by atoms with Gasteiger partial charge in [-0.15, -0.1) is 0 Å². The third-order valence-electron chi connectivity index (χ3n) is 3.08. The summed E-state index contributed by atoms with van der Waals surface area (Å²) < 4.78 is 1.10. The van der Waals surface area contributed by atoms with Crippen molar-refractivity contribution in [3.05, 3.63) is 58.6 Å². The van der Waals surface area contributed by atoms with E-state index >= 15 is 0 Å². The predicted molar refractivity (Wildman–Crippen MR) is 76.2 cm³/mol. The Morgan fingerprint density at radius 1 is 1.00 bits per heavy atom. The Morgan fingerprint density at radius 3 is 2.53 bits per heavy atom. The molecule has 0 radical (unpaired) electrons. The van der Waals surface area contributed by atoms with Crippen LogP contribution in [0.5, 0.6) is 0 Å². The van der Waals surface area contributed by atoms with Gasteiger partial charge in [-0.25, -0.2) is 0 Å². The Labute approximate surface area is 109 Å². The number of nitrogens with one attached hydrogen (secondary N) is 1. The van der Waals surface area contributed by atoms with Crippen LogP contribution in [0.1, 0.15) is 5.56 Å². The van der Waals surface area contributed by atoms with Crippen molar-refractivity contribution in [2.24, 2.45) is 0 Å². The molecule has 1 nitrogen and oxygen atoms in total. The lowest BCUT2D eigenvalue weighted by Crippen LogP contribution is -1.78. The van der Waals surface area contributed by atoms with Gasteiger partial charge in [-0.2, -0.15) is 0 Å². The molecule has 0 saturated heterocycles. The Balaban J connectivity index is 2.28. The van der Waals surface area contributed by atoms with Crippen molar-refractivity contribution in [2.75, 3.05) is 0 Å². The first kappa shape index (κ1) is 10.6. The predicted octanol–water partition coefficient (Wildman–Crippen LogP) is 4.91. The maximum absolute atomic E-state index is 3.50. The van der Waals surface area contributed by atoms with Crippen LogP contribution < -0.4 is 0 Å². The first-order valence-corrected chi connectivity index (χ1v) is 6.38. The number of aromatic nitrogens is 1. The van der Waals surface area contributed by atoms with Gasteiger partial charge in [0.05, 0.1) is 0 Å². The number of aromatic amines is 1. The van der Waals surface area contributed by atoms with Crippen LogP contribution in [0.15, 0.2) is 53.0 Å². The molecular weight excluding hydrogens is 274 g/mol. The summed E-state index contributed by atoms with van der Waals surface area (Å²) in [6.07, 6.45) is 0. The van der Waals surface area contributed by atoms with Gasteiger partial charge >= 0.3 is 0 Å². The Bertz CT molecular complexity index is 668. The standard InChI is InChI=1S/C15H12BrN/c1-10-13-8-7-12(16)9-14(13)17-15(10)11-5-3-2-4-6-11/h2-9,17H,1H3. The van der Waals surface area contributed by atoms with Crippen molar-refractivity contribution in [2.45, 2.75) is 6.92 Å². The second-order valence-corrected chi connectivity index (χ2v) is 5.10. The number of hydrogen-bond acceptors (Lipinski definition) is 0. The number of rotatable bonds is 1. The lowest BCUT2D eigenvalue weighted by molar-refractivity contribution is 1.41. The number of benzene rings is 2. The highest BCUT2D eigenvalue weighted by Gasteiger charge is 2.08. The lowest BCUT2D eigenvalue weighted by Gasteiger charge is -1.99. The van der Waals surface area contributed by atoms with E-state index in [1.165, 1.54) is 27.7 Å². The second kappa shape index (κ2) is 4.04. The van der Waals surface area contributed by atoms with Gasteiger partial charge in [-0.05, 0) is 30.2 Å². The molecule has 0 aliphatic heterocycles. The molecule has 0 bridgehead atoms. The normalized spacial score (nSPS) is 10.9. The number of hydrogen-bond donors (Lipinski definition) is 1. The molecule has 2 heteroatoms. The summed E-state index contributed by atoms with van der Waals surface area (Å²) in [5.74, 6) is 0. The van der Waals surface area contributed by atoms with Gasteiger partial charge in [0.1, 0.15) is 0 Å². The molecule has 17 heavy (non-hydrogen) atoms. The molecule has 3 aromatic rings. The van der Waals surface area contributed by atoms with Crippen LogP contribution in [0.25, 0.3) is 22.2 Å². The average molecular weight is 286 g/mol. The van der Waals surface area contributed by atoms with Crippen molar-refractivity contribution >= 4 is 26.8 Å². The summed E-state index contributed by atoms with van der Waals surface area (Å²) in [4.78, 5) is 3.49. The van der Waals surface area contributed by atoms with Gasteiger partial charge in [0, 0.05) is 21.1 Å². The molecule has 2 aromatic carbocycles. The zero-order valence-corrected chi connectivity index (χ0v) is 11.1. The number of fused-ring (bicyclic) bond motifs is 1. The Kier molecular flexibility index (Phi) is 2.52. The fourth-order valence-corrected chi connectivity index (χ4v) is 2.56. The van der Waals surface area contributed by atoms with E-state index in [2.05, 4.69) is 70.3 Å². The maximum Gasteiger partial charge on any atom is 0.0494 e. The molecule has 0 amide bonds. The third kappa shape index (κ3) is 1.79. The van der Waals surface area contributed by atoms with E-state index in [0.717, 1.165) is 4.47 Å². The van der Waals surface area contributed by atoms with E-state index in [1.54, 1.807) is 0 Å². The molecule has 0 atom stereocenters. The van der Waals surface area contributed by atoms with Crippen molar-refractivity contribution in [1.82, 2.24) is 4.98 Å². The highest BCUT2D eigenvalue weighted by molar-refractivity contribution is 9.10. The number of H-pyrrole nitrogens is 1. The zero-order valence-electron chi connectivity index (χ0n) is 9.50. The van der Waals surface area contributed by atoms with E-state index in [4.69, 9.17) is 0 Å². The first-order valence-electron chi connectivity index (χ1n) is 5.59. The minimum atomic E-state index is 1.10. The van der Waals surface area contributed by atoms with E-state index in [-0.39, 0.29) is 0 Å². The van der Waals surface area contributed by atoms with E-state index in [0.29, 0.717) is 0 Å². The van der Waals surface area contributed by atoms with Crippen molar-refractivity contribution in [3.63, 3.8) is 0 Å². The van der Waals surface area contributed by atoms with Crippen molar-refractivity contribution < 1.29 is 0 Å². The maximum atomic E-state index is 3.50. The van der Waals surface area contributed by atoms with Gasteiger partial charge in [-0.3, -0.25) is 0 Å². The quantitative estimate of drug-likeness (QED) is 0.654. The van der Waals surface area contributed by atoms with Crippen LogP contribution in [0, 0.1) is 6.92 Å². The van der Waals surface area contributed by atoms with E-state index in [9.17, 15) is 0 Å². The van der Waals surface area contributed by atoms with E-state index in [1.807, 2.05) is 6.07 Å². The smallest absolute Gasteiger partial charge is 0.0494 e. The number of halogens is 1. The van der Waals surface area contributed by atoms with Gasteiger partial charge in [0.25, 0.3) is 0 Å². The minimum absolute atomic E-state index is 1.10. The molecule has 0 aliphatic rings. The van der Waals surface area contributed by atoms with Crippen LogP contribution in [0.3, 0.4) is 0 Å². The fourth-order valence-electron chi connectivity index (χ4n) is 2.20. The summed E-state index contributed by atoms with van der Waals surface area (Å²) in [7, 11) is 0. The van der Waals surface area contributed by atoms with Gasteiger partial charge in [-0.1, -0.05) is 52.3 Å². The van der Waals surface area contributed by atoms with Crippen LogP contribution in [-0.2, 0) is 0 Å². The lowest BCUT2D eigenvalue weighted by atomic mass is 10.1. The molecule has 84 valence electrons. The molecule has 1 heterocycles. The summed E-state index contributed by atoms with van der Waals surface area (Å²) >= 11 is 3.50. The number of aryl methyl sites for hydroxylation is 1. The third-order valence-corrected chi connectivity index (χ3v) is 3.58. The molecule has 3 rings (SSSR count). The second-order valence-electron chi connectivity index (χ2n) is 4.18. The molecule has 0 spiro atoms. The van der Waals surface area contributed by atoms with Crippen LogP contribution in [-0.4, -0.2) is 4.98 Å². The molecule has 1 aromatic heterocycles. The summed E-state index contributed by atoms with van der Waals surface area (Å²) in [6, 6.07) is 16.8. The fraction of sp³-hybridized carbons (Fsp3) is 0.0667. The van der Waals surface area contributed by atoms with Gasteiger partial charge in [0.2, 0.25) is 0 Å². The van der Waals surface area contributed by atoms with Crippen LogP contribution in [0.4, 0.5) is 0 Å². The molecule has 0 aliphatic carbocycles. The van der Waals surface area contributed by atoms with Crippen LogP contribution >= 0.6 is 15.9 Å². The summed E-state index contributed by atoms with van der Waals surface area (Å²) in [5.41, 5.74) is 4.92. The average Bonchev–Trinajstić information content (AvgIpc) is 2.67. The molecular formula is C15H12BrN. The largest absolute Gasteiger partial charge is 0.354 e. The van der Waals surface area contributed by atoms with Gasteiger partial charge in [0.15, 0.2) is 0 Å². The molecule has 0 saturated carbocycles. The van der Waals surface area contributed by atoms with Crippen molar-refractivity contribution in [3.8, 4) is 11.3 Å². The van der Waals surface area contributed by atoms with Crippen LogP contribution in [0.2, 0.25) is 0 Å². The highest BCUT2D eigenvalue weighted by Crippen LogP contribution is 2.30. The first-order chi connectivity index (χ1) is 8.25. The Morgan fingerprint density at radius 2 is 1.76 bits per heavy atom. The zero-order chi connectivity index (χ0) is 11.8. The summed E-state index contributed by atoms with van der Waals surface area (Å²) in [6.45, 7) is 2.16. The SMILES string of the molecule is Cc1c(-c2ccccc2)[nH]c2cc(Br)ccc12. The molecule has 0 fully saturated rings. The monoisotopic (exact) mass is 285 g/mol. The van der Waals surface area contributed by atoms with Gasteiger partial charge < -0.3 is 4.98 Å². The van der Waals surface area contributed by atoms with Crippen molar-refractivity contribution in [1.29, 1.82) is 0 Å². The summed E-state index contributed by atoms with van der Waals surface area (Å²) in [5, 5.41) is 1.28. The highest BCUT2D eigenvalue weighted by atomic mass is 79.9. The van der Waals surface area contributed by atoms with E-state index < -0.39 is 0 Å².